The molecule has 26 heavy (non-hydrogen) atoms. The summed E-state index contributed by atoms with van der Waals surface area (Å²) >= 11 is 0. The van der Waals surface area contributed by atoms with E-state index in [-0.39, 0.29) is 12.2 Å². The Hall–Kier alpha value is -2.02. The number of sulfone groups is 1. The lowest BCUT2D eigenvalue weighted by Crippen LogP contribution is -2.49. The maximum Gasteiger partial charge on any atom is 0.175 e. The molecule has 2 aromatic carbocycles. The quantitative estimate of drug-likeness (QED) is 0.834. The molecule has 2 heterocycles. The van der Waals surface area contributed by atoms with Crippen molar-refractivity contribution in [1.82, 2.24) is 9.80 Å². The highest BCUT2D eigenvalue weighted by Crippen LogP contribution is 2.31. The van der Waals surface area contributed by atoms with Gasteiger partial charge in [-0.05, 0) is 35.9 Å². The van der Waals surface area contributed by atoms with Crippen LogP contribution in [-0.2, 0) is 22.9 Å². The molecule has 4 rings (SSSR count). The first kappa shape index (κ1) is 17.4. The van der Waals surface area contributed by atoms with Gasteiger partial charge in [-0.1, -0.05) is 36.4 Å². The van der Waals surface area contributed by atoms with Crippen LogP contribution in [0.25, 0.3) is 0 Å². The van der Waals surface area contributed by atoms with E-state index in [4.69, 9.17) is 0 Å². The van der Waals surface area contributed by atoms with Crippen LogP contribution in [0.3, 0.4) is 0 Å². The third-order valence-electron chi connectivity index (χ3n) is 5.36. The number of rotatable bonds is 3. The normalized spacial score (nSPS) is 23.9. The van der Waals surface area contributed by atoms with Crippen molar-refractivity contribution in [2.45, 2.75) is 30.2 Å². The first-order chi connectivity index (χ1) is 12.4. The minimum absolute atomic E-state index is 0.135. The highest BCUT2D eigenvalue weighted by molar-refractivity contribution is 7.90. The van der Waals surface area contributed by atoms with Crippen LogP contribution in [0.1, 0.15) is 22.7 Å². The number of fused-ring (bicyclic) bond motifs is 1. The number of benzene rings is 2. The van der Waals surface area contributed by atoms with Crippen molar-refractivity contribution in [2.24, 2.45) is 4.99 Å². The molecule has 2 aliphatic heterocycles. The maximum absolute atomic E-state index is 11.7. The number of hydrogen-bond donors (Lipinski definition) is 0. The number of aliphatic imine (C=N–C) groups is 1. The van der Waals surface area contributed by atoms with Crippen LogP contribution >= 0.6 is 0 Å². The van der Waals surface area contributed by atoms with Crippen LogP contribution in [0.2, 0.25) is 0 Å². The van der Waals surface area contributed by atoms with E-state index in [2.05, 4.69) is 46.1 Å². The van der Waals surface area contributed by atoms with Gasteiger partial charge in [0, 0.05) is 25.6 Å². The average molecular weight is 369 g/mol. The molecule has 136 valence electrons. The van der Waals surface area contributed by atoms with E-state index < -0.39 is 9.84 Å². The fourth-order valence-corrected chi connectivity index (χ4v) is 4.48. The lowest BCUT2D eigenvalue weighted by atomic mass is 10.0. The summed E-state index contributed by atoms with van der Waals surface area (Å²) in [4.78, 5) is 9.72. The van der Waals surface area contributed by atoms with E-state index in [1.54, 1.807) is 12.1 Å². The maximum atomic E-state index is 11.7. The molecule has 0 fully saturated rings. The lowest BCUT2D eigenvalue weighted by molar-refractivity contribution is 0.0723. The highest BCUT2D eigenvalue weighted by Gasteiger charge is 2.33. The van der Waals surface area contributed by atoms with Crippen molar-refractivity contribution >= 4 is 16.1 Å². The number of hydrogen-bond acceptors (Lipinski definition) is 5. The van der Waals surface area contributed by atoms with Gasteiger partial charge in [-0.15, -0.1) is 0 Å². The summed E-state index contributed by atoms with van der Waals surface area (Å²) in [5, 5.41) is 0. The van der Waals surface area contributed by atoms with Crippen molar-refractivity contribution in [3.8, 4) is 0 Å². The zero-order chi connectivity index (χ0) is 18.3. The number of nitrogens with zero attached hydrogens (tertiary/aromatic N) is 3. The summed E-state index contributed by atoms with van der Waals surface area (Å²) < 4.78 is 23.4. The van der Waals surface area contributed by atoms with Gasteiger partial charge in [0.25, 0.3) is 0 Å². The minimum Gasteiger partial charge on any atom is -0.292 e. The predicted octanol–water partition coefficient (Wildman–Crippen LogP) is 2.49. The molecule has 0 saturated carbocycles. The molecule has 0 spiro atoms. The Balaban J connectivity index is 1.55. The topological polar surface area (TPSA) is 53.0 Å². The fraction of sp³-hybridized carbons (Fsp3) is 0.350. The van der Waals surface area contributed by atoms with Crippen LogP contribution < -0.4 is 0 Å². The monoisotopic (exact) mass is 369 g/mol. The zero-order valence-electron chi connectivity index (χ0n) is 15.0. The second-order valence-corrected chi connectivity index (χ2v) is 9.14. The summed E-state index contributed by atoms with van der Waals surface area (Å²) in [6.07, 6.45) is 3.41. The van der Waals surface area contributed by atoms with E-state index in [0.29, 0.717) is 11.4 Å². The van der Waals surface area contributed by atoms with Gasteiger partial charge in [0.05, 0.1) is 23.6 Å². The van der Waals surface area contributed by atoms with Gasteiger partial charge in [0.1, 0.15) is 0 Å². The van der Waals surface area contributed by atoms with Crippen molar-refractivity contribution in [3.63, 3.8) is 0 Å². The molecule has 2 unspecified atom stereocenters. The average Bonchev–Trinajstić information content (AvgIpc) is 3.05. The van der Waals surface area contributed by atoms with Crippen LogP contribution in [-0.4, -0.2) is 50.4 Å². The Labute approximate surface area is 154 Å². The molecule has 2 atom stereocenters. The molecule has 0 aromatic heterocycles. The van der Waals surface area contributed by atoms with Crippen molar-refractivity contribution in [2.75, 3.05) is 19.8 Å². The molecule has 0 N–H and O–H groups in total. The van der Waals surface area contributed by atoms with Crippen molar-refractivity contribution < 1.29 is 8.42 Å². The molecule has 0 amide bonds. The summed E-state index contributed by atoms with van der Waals surface area (Å²) in [5.74, 6) is 0. The second kappa shape index (κ2) is 6.61. The molecule has 2 aliphatic rings. The summed E-state index contributed by atoms with van der Waals surface area (Å²) in [6, 6.07) is 15.9. The molecule has 0 saturated heterocycles. The van der Waals surface area contributed by atoms with Gasteiger partial charge in [0.2, 0.25) is 0 Å². The first-order valence-corrected chi connectivity index (χ1v) is 10.7. The van der Waals surface area contributed by atoms with E-state index in [9.17, 15) is 8.42 Å². The van der Waals surface area contributed by atoms with Crippen molar-refractivity contribution in [1.29, 1.82) is 0 Å². The predicted molar refractivity (Wildman–Crippen MR) is 103 cm³/mol. The third kappa shape index (κ3) is 3.20. The largest absolute Gasteiger partial charge is 0.292 e. The second-order valence-electron chi connectivity index (χ2n) is 7.12. The zero-order valence-corrected chi connectivity index (χ0v) is 15.9. The Kier molecular flexibility index (Phi) is 4.42. The van der Waals surface area contributed by atoms with E-state index in [1.165, 1.54) is 17.4 Å². The molecular weight excluding hydrogens is 346 g/mol. The summed E-state index contributed by atoms with van der Waals surface area (Å²) in [5.41, 5.74) is 3.86. The van der Waals surface area contributed by atoms with Gasteiger partial charge in [0.15, 0.2) is 9.84 Å². The van der Waals surface area contributed by atoms with Crippen molar-refractivity contribution in [3.05, 3.63) is 65.2 Å². The smallest absolute Gasteiger partial charge is 0.175 e. The molecule has 0 aliphatic carbocycles. The summed E-state index contributed by atoms with van der Waals surface area (Å²) in [7, 11) is -1.05. The molecule has 0 bridgehead atoms. The van der Waals surface area contributed by atoms with Crippen LogP contribution in [0.4, 0.5) is 0 Å². The Morgan fingerprint density at radius 3 is 2.19 bits per heavy atom. The third-order valence-corrected chi connectivity index (χ3v) is 6.49. The minimum atomic E-state index is -3.17. The highest BCUT2D eigenvalue weighted by atomic mass is 32.2. The van der Waals surface area contributed by atoms with Crippen LogP contribution in [0.5, 0.6) is 0 Å². The first-order valence-electron chi connectivity index (χ1n) is 8.76. The Morgan fingerprint density at radius 1 is 1.00 bits per heavy atom. The van der Waals surface area contributed by atoms with Crippen LogP contribution in [0.15, 0.2) is 58.4 Å². The van der Waals surface area contributed by atoms with Crippen LogP contribution in [0, 0.1) is 0 Å². The van der Waals surface area contributed by atoms with E-state index >= 15 is 0 Å². The Bertz CT molecular complexity index is 913. The lowest BCUT2D eigenvalue weighted by Gasteiger charge is -2.40. The standard InChI is InChI=1S/C20H23N3O2S/c1-22-19(15-7-9-18(10-8-15)26(2,24)25)11-21-12-20(22)23-13-16-5-3-4-6-17(16)14-23/h3-10,12,19-20H,11,13-14H2,1-2H3. The Morgan fingerprint density at radius 2 is 1.62 bits per heavy atom. The van der Waals surface area contributed by atoms with E-state index in [0.717, 1.165) is 18.7 Å². The van der Waals surface area contributed by atoms with Gasteiger partial charge in [-0.2, -0.15) is 0 Å². The van der Waals surface area contributed by atoms with Gasteiger partial charge in [-0.3, -0.25) is 14.8 Å². The van der Waals surface area contributed by atoms with Gasteiger partial charge in [-0.25, -0.2) is 8.42 Å². The summed E-state index contributed by atoms with van der Waals surface area (Å²) in [6.45, 7) is 2.54. The fourth-order valence-electron chi connectivity index (χ4n) is 3.85. The SMILES string of the molecule is CN1C(c2ccc(S(C)(=O)=O)cc2)CN=CC1N1Cc2ccccc2C1. The molecular formula is C20H23N3O2S. The number of likely N-dealkylation sites (N-methyl/N-ethyl adjacent to an activating group) is 1. The molecule has 0 radical (unpaired) electrons. The molecule has 5 nitrogen and oxygen atoms in total. The molecule has 6 heteroatoms. The van der Waals surface area contributed by atoms with Gasteiger partial charge >= 0.3 is 0 Å². The molecule has 2 aromatic rings. The van der Waals surface area contributed by atoms with E-state index in [1.807, 2.05) is 18.3 Å². The van der Waals surface area contributed by atoms with Gasteiger partial charge < -0.3 is 0 Å².